The summed E-state index contributed by atoms with van der Waals surface area (Å²) < 4.78 is 0. The SMILES string of the molecule is N#Cc1ccnc(N2CCN([C@H]3CCN(c4ccccc4)C3=O)CC2)c1. The molecule has 2 aliphatic rings. The Balaban J connectivity index is 1.39. The van der Waals surface area contributed by atoms with Crippen molar-refractivity contribution < 1.29 is 4.79 Å². The number of hydrogen-bond acceptors (Lipinski definition) is 5. The van der Waals surface area contributed by atoms with Crippen molar-refractivity contribution in [3.8, 4) is 6.07 Å². The highest BCUT2D eigenvalue weighted by Gasteiger charge is 2.37. The molecule has 6 nitrogen and oxygen atoms in total. The van der Waals surface area contributed by atoms with Crippen LogP contribution in [0.25, 0.3) is 0 Å². The molecule has 26 heavy (non-hydrogen) atoms. The van der Waals surface area contributed by atoms with Crippen LogP contribution in [0.4, 0.5) is 11.5 Å². The van der Waals surface area contributed by atoms with Crippen molar-refractivity contribution in [3.05, 3.63) is 54.2 Å². The highest BCUT2D eigenvalue weighted by atomic mass is 16.2. The number of piperazine rings is 1. The average molecular weight is 347 g/mol. The average Bonchev–Trinajstić information content (AvgIpc) is 3.10. The quantitative estimate of drug-likeness (QED) is 0.848. The van der Waals surface area contributed by atoms with Crippen LogP contribution in [-0.4, -0.2) is 54.6 Å². The molecule has 1 aromatic heterocycles. The standard InChI is InChI=1S/C20H21N5O/c21-15-16-6-8-22-19(14-16)24-12-10-23(11-13-24)18-7-9-25(20(18)26)17-4-2-1-3-5-17/h1-6,8,14,18H,7,9-13H2/t18-/m0/s1. The predicted molar refractivity (Wildman–Crippen MR) is 99.9 cm³/mol. The van der Waals surface area contributed by atoms with Gasteiger partial charge in [-0.25, -0.2) is 4.98 Å². The van der Waals surface area contributed by atoms with Crippen molar-refractivity contribution >= 4 is 17.4 Å². The van der Waals surface area contributed by atoms with Crippen LogP contribution in [0.3, 0.4) is 0 Å². The second kappa shape index (κ2) is 7.14. The summed E-state index contributed by atoms with van der Waals surface area (Å²) in [5.41, 5.74) is 1.61. The monoisotopic (exact) mass is 347 g/mol. The van der Waals surface area contributed by atoms with Gasteiger partial charge in [0.05, 0.1) is 17.7 Å². The van der Waals surface area contributed by atoms with Gasteiger partial charge in [0.25, 0.3) is 0 Å². The van der Waals surface area contributed by atoms with Crippen LogP contribution >= 0.6 is 0 Å². The maximum atomic E-state index is 12.9. The van der Waals surface area contributed by atoms with Gasteiger partial charge in [0.1, 0.15) is 5.82 Å². The Hall–Kier alpha value is -2.91. The first kappa shape index (κ1) is 16.6. The molecule has 2 aliphatic heterocycles. The van der Waals surface area contributed by atoms with Crippen LogP contribution in [0.5, 0.6) is 0 Å². The number of carbonyl (C=O) groups is 1. The van der Waals surface area contributed by atoms with Crippen molar-refractivity contribution in [2.45, 2.75) is 12.5 Å². The van der Waals surface area contributed by atoms with Crippen LogP contribution in [0.2, 0.25) is 0 Å². The molecule has 3 heterocycles. The molecule has 1 amide bonds. The van der Waals surface area contributed by atoms with E-state index in [0.717, 1.165) is 50.6 Å². The Morgan fingerprint density at radius 1 is 1.04 bits per heavy atom. The van der Waals surface area contributed by atoms with Crippen molar-refractivity contribution in [2.75, 3.05) is 42.5 Å². The molecule has 0 saturated carbocycles. The third-order valence-electron chi connectivity index (χ3n) is 5.20. The lowest BCUT2D eigenvalue weighted by Gasteiger charge is -2.37. The summed E-state index contributed by atoms with van der Waals surface area (Å²) in [5, 5.41) is 9.05. The first-order chi connectivity index (χ1) is 12.8. The van der Waals surface area contributed by atoms with E-state index in [1.165, 1.54) is 0 Å². The molecule has 6 heteroatoms. The number of rotatable bonds is 3. The van der Waals surface area contributed by atoms with E-state index in [2.05, 4.69) is 20.9 Å². The van der Waals surface area contributed by atoms with E-state index >= 15 is 0 Å². The number of nitriles is 1. The van der Waals surface area contributed by atoms with E-state index in [4.69, 9.17) is 5.26 Å². The Morgan fingerprint density at radius 3 is 2.54 bits per heavy atom. The van der Waals surface area contributed by atoms with E-state index in [1.807, 2.05) is 41.3 Å². The van der Waals surface area contributed by atoms with Gasteiger partial charge in [0.15, 0.2) is 0 Å². The molecule has 0 N–H and O–H groups in total. The van der Waals surface area contributed by atoms with E-state index in [-0.39, 0.29) is 11.9 Å². The number of aromatic nitrogens is 1. The second-order valence-corrected chi connectivity index (χ2v) is 6.67. The maximum Gasteiger partial charge on any atom is 0.244 e. The first-order valence-electron chi connectivity index (χ1n) is 8.98. The largest absolute Gasteiger partial charge is 0.354 e. The zero-order chi connectivity index (χ0) is 17.9. The molecule has 1 aromatic carbocycles. The maximum absolute atomic E-state index is 12.9. The fourth-order valence-electron chi connectivity index (χ4n) is 3.79. The molecule has 0 unspecified atom stereocenters. The lowest BCUT2D eigenvalue weighted by atomic mass is 10.1. The van der Waals surface area contributed by atoms with Crippen molar-refractivity contribution in [3.63, 3.8) is 0 Å². The van der Waals surface area contributed by atoms with Gasteiger partial charge < -0.3 is 9.80 Å². The van der Waals surface area contributed by atoms with Crippen LogP contribution in [0.1, 0.15) is 12.0 Å². The highest BCUT2D eigenvalue weighted by molar-refractivity contribution is 5.99. The van der Waals surface area contributed by atoms with E-state index < -0.39 is 0 Å². The zero-order valence-corrected chi connectivity index (χ0v) is 14.6. The molecule has 2 saturated heterocycles. The fourth-order valence-corrected chi connectivity index (χ4v) is 3.79. The molecule has 132 valence electrons. The van der Waals surface area contributed by atoms with Crippen LogP contribution in [-0.2, 0) is 4.79 Å². The highest BCUT2D eigenvalue weighted by Crippen LogP contribution is 2.25. The van der Waals surface area contributed by atoms with Gasteiger partial charge in [-0.05, 0) is 30.7 Å². The van der Waals surface area contributed by atoms with Gasteiger partial charge in [-0.15, -0.1) is 0 Å². The molecule has 4 rings (SSSR count). The topological polar surface area (TPSA) is 63.5 Å². The van der Waals surface area contributed by atoms with E-state index in [1.54, 1.807) is 12.3 Å². The molecule has 0 bridgehead atoms. The molecular formula is C20H21N5O. The molecule has 0 radical (unpaired) electrons. The number of hydrogen-bond donors (Lipinski definition) is 0. The molecule has 0 aliphatic carbocycles. The van der Waals surface area contributed by atoms with Crippen molar-refractivity contribution in [1.29, 1.82) is 5.26 Å². The predicted octanol–water partition coefficient (Wildman–Crippen LogP) is 1.88. The minimum absolute atomic E-state index is 0.0317. The van der Waals surface area contributed by atoms with Gasteiger partial charge >= 0.3 is 0 Å². The number of amides is 1. The third-order valence-corrected chi connectivity index (χ3v) is 5.20. The number of para-hydroxylation sites is 1. The van der Waals surface area contributed by atoms with Gasteiger partial charge in [0.2, 0.25) is 5.91 Å². The number of benzene rings is 1. The van der Waals surface area contributed by atoms with Crippen LogP contribution in [0, 0.1) is 11.3 Å². The Kier molecular flexibility index (Phi) is 4.55. The minimum atomic E-state index is -0.0317. The van der Waals surface area contributed by atoms with Gasteiger partial charge in [-0.1, -0.05) is 18.2 Å². The molecule has 1 atom stereocenters. The smallest absolute Gasteiger partial charge is 0.244 e. The summed E-state index contributed by atoms with van der Waals surface area (Å²) in [6.45, 7) is 4.07. The second-order valence-electron chi connectivity index (χ2n) is 6.67. The first-order valence-corrected chi connectivity index (χ1v) is 8.98. The van der Waals surface area contributed by atoms with Gasteiger partial charge in [-0.3, -0.25) is 9.69 Å². The van der Waals surface area contributed by atoms with E-state index in [0.29, 0.717) is 5.56 Å². The van der Waals surface area contributed by atoms with E-state index in [9.17, 15) is 4.79 Å². The van der Waals surface area contributed by atoms with Crippen molar-refractivity contribution in [2.24, 2.45) is 0 Å². The normalized spacial score (nSPS) is 21.0. The van der Waals surface area contributed by atoms with Crippen LogP contribution in [0.15, 0.2) is 48.7 Å². The Labute approximate surface area is 153 Å². The lowest BCUT2D eigenvalue weighted by Crippen LogP contribution is -2.52. The molecule has 0 spiro atoms. The Bertz CT molecular complexity index is 824. The van der Waals surface area contributed by atoms with Gasteiger partial charge in [-0.2, -0.15) is 5.26 Å². The third kappa shape index (κ3) is 3.14. The fraction of sp³-hybridized carbons (Fsp3) is 0.350. The summed E-state index contributed by atoms with van der Waals surface area (Å²) in [6, 6.07) is 15.6. The summed E-state index contributed by atoms with van der Waals surface area (Å²) >= 11 is 0. The molecule has 2 aromatic rings. The summed E-state index contributed by atoms with van der Waals surface area (Å²) in [7, 11) is 0. The lowest BCUT2D eigenvalue weighted by molar-refractivity contribution is -0.121. The van der Waals surface area contributed by atoms with Gasteiger partial charge in [0, 0.05) is 44.6 Å². The van der Waals surface area contributed by atoms with Crippen LogP contribution < -0.4 is 9.80 Å². The summed E-state index contributed by atoms with van der Waals surface area (Å²) in [6.07, 6.45) is 2.55. The summed E-state index contributed by atoms with van der Waals surface area (Å²) in [5.74, 6) is 1.04. The molecular weight excluding hydrogens is 326 g/mol. The Morgan fingerprint density at radius 2 is 1.81 bits per heavy atom. The molecule has 2 fully saturated rings. The minimum Gasteiger partial charge on any atom is -0.354 e. The zero-order valence-electron chi connectivity index (χ0n) is 14.6. The van der Waals surface area contributed by atoms with Crippen molar-refractivity contribution in [1.82, 2.24) is 9.88 Å². The number of nitrogens with zero attached hydrogens (tertiary/aromatic N) is 5. The number of anilines is 2. The number of pyridine rings is 1. The summed E-state index contributed by atoms with van der Waals surface area (Å²) in [4.78, 5) is 23.6. The number of carbonyl (C=O) groups excluding carboxylic acids is 1.